The molecule has 0 amide bonds. The molecule has 2 nitrogen and oxygen atoms in total. The van der Waals surface area contributed by atoms with Crippen LogP contribution in [0.15, 0.2) is 30.3 Å². The normalized spacial score (nSPS) is 19.9. The highest BCUT2D eigenvalue weighted by molar-refractivity contribution is 5.20. The molecule has 1 atom stereocenters. The van der Waals surface area contributed by atoms with Crippen LogP contribution in [0, 0.1) is 0 Å². The van der Waals surface area contributed by atoms with E-state index in [-0.39, 0.29) is 0 Å². The molecule has 0 spiro atoms. The summed E-state index contributed by atoms with van der Waals surface area (Å²) < 4.78 is 5.71. The average Bonchev–Trinajstić information content (AvgIpc) is 2.49. The lowest BCUT2D eigenvalue weighted by Gasteiger charge is -2.33. The molecule has 0 aromatic heterocycles. The van der Waals surface area contributed by atoms with Gasteiger partial charge in [-0.15, -0.1) is 0 Å². The molecule has 0 radical (unpaired) electrons. The molecule has 1 aliphatic heterocycles. The number of ether oxygens (including phenoxy) is 1. The molecule has 0 unspecified atom stereocenters. The lowest BCUT2D eigenvalue weighted by molar-refractivity contribution is 0.157. The standard InChI is InChI=1S/C18H29NO/c1-17-11-7-9-15-19(17)14-8-2-3-10-16-20-18-12-5-4-6-13-18/h4-6,12-13,17H,2-3,7-11,14-16H2,1H3/t17-/m0/s1. The SMILES string of the molecule is C[C@H]1CCCCN1CCCCCCOc1ccccc1. The average molecular weight is 275 g/mol. The van der Waals surface area contributed by atoms with E-state index in [9.17, 15) is 0 Å². The zero-order valence-corrected chi connectivity index (χ0v) is 12.9. The predicted octanol–water partition coefficient (Wildman–Crippen LogP) is 4.50. The van der Waals surface area contributed by atoms with Crippen molar-refractivity contribution in [3.8, 4) is 5.75 Å². The number of unbranched alkanes of at least 4 members (excludes halogenated alkanes) is 3. The van der Waals surface area contributed by atoms with Crippen molar-refractivity contribution in [1.82, 2.24) is 4.90 Å². The number of rotatable bonds is 8. The number of para-hydroxylation sites is 1. The van der Waals surface area contributed by atoms with Gasteiger partial charge in [0.25, 0.3) is 0 Å². The second-order valence-electron chi connectivity index (χ2n) is 5.96. The van der Waals surface area contributed by atoms with Gasteiger partial charge in [0, 0.05) is 6.04 Å². The Morgan fingerprint density at radius 1 is 1.05 bits per heavy atom. The highest BCUT2D eigenvalue weighted by atomic mass is 16.5. The molecule has 1 saturated heterocycles. The Kier molecular flexibility index (Phi) is 6.93. The van der Waals surface area contributed by atoms with Crippen LogP contribution in [0.4, 0.5) is 0 Å². The first-order chi connectivity index (χ1) is 9.86. The molecule has 1 aromatic rings. The zero-order valence-electron chi connectivity index (χ0n) is 12.9. The first kappa shape index (κ1) is 15.4. The van der Waals surface area contributed by atoms with Gasteiger partial charge in [-0.2, -0.15) is 0 Å². The summed E-state index contributed by atoms with van der Waals surface area (Å²) in [7, 11) is 0. The van der Waals surface area contributed by atoms with Crippen molar-refractivity contribution in [3.05, 3.63) is 30.3 Å². The van der Waals surface area contributed by atoms with E-state index in [1.807, 2.05) is 30.3 Å². The van der Waals surface area contributed by atoms with Crippen molar-refractivity contribution in [2.45, 2.75) is 57.9 Å². The monoisotopic (exact) mass is 275 g/mol. The summed E-state index contributed by atoms with van der Waals surface area (Å²) in [4.78, 5) is 2.67. The van der Waals surface area contributed by atoms with Gasteiger partial charge in [-0.1, -0.05) is 37.5 Å². The van der Waals surface area contributed by atoms with E-state index in [4.69, 9.17) is 4.74 Å². The fourth-order valence-electron chi connectivity index (χ4n) is 2.97. The van der Waals surface area contributed by atoms with E-state index in [2.05, 4.69) is 11.8 Å². The van der Waals surface area contributed by atoms with Crippen LogP contribution in [0.5, 0.6) is 5.75 Å². The predicted molar refractivity (Wildman–Crippen MR) is 85.3 cm³/mol. The smallest absolute Gasteiger partial charge is 0.119 e. The van der Waals surface area contributed by atoms with Gasteiger partial charge in [-0.3, -0.25) is 0 Å². The van der Waals surface area contributed by atoms with Crippen LogP contribution >= 0.6 is 0 Å². The van der Waals surface area contributed by atoms with Crippen LogP contribution in [0.1, 0.15) is 51.9 Å². The largest absolute Gasteiger partial charge is 0.494 e. The van der Waals surface area contributed by atoms with Crippen molar-refractivity contribution in [1.29, 1.82) is 0 Å². The van der Waals surface area contributed by atoms with Gasteiger partial charge in [0.15, 0.2) is 0 Å². The van der Waals surface area contributed by atoms with E-state index in [1.54, 1.807) is 0 Å². The van der Waals surface area contributed by atoms with E-state index >= 15 is 0 Å². The quantitative estimate of drug-likeness (QED) is 0.648. The molecule has 0 aliphatic carbocycles. The number of likely N-dealkylation sites (tertiary alicyclic amines) is 1. The van der Waals surface area contributed by atoms with Gasteiger partial charge in [-0.05, 0) is 57.8 Å². The molecule has 0 saturated carbocycles. The minimum absolute atomic E-state index is 0.810. The number of nitrogens with zero attached hydrogens (tertiary/aromatic N) is 1. The molecule has 112 valence electrons. The zero-order chi connectivity index (χ0) is 14.0. The van der Waals surface area contributed by atoms with Crippen LogP contribution < -0.4 is 4.74 Å². The summed E-state index contributed by atoms with van der Waals surface area (Å²) >= 11 is 0. The summed E-state index contributed by atoms with van der Waals surface area (Å²) in [5.41, 5.74) is 0. The summed E-state index contributed by atoms with van der Waals surface area (Å²) in [5, 5.41) is 0. The Hall–Kier alpha value is -1.02. The van der Waals surface area contributed by atoms with Gasteiger partial charge >= 0.3 is 0 Å². The van der Waals surface area contributed by atoms with Crippen molar-refractivity contribution in [2.24, 2.45) is 0 Å². The van der Waals surface area contributed by atoms with Gasteiger partial charge in [-0.25, -0.2) is 0 Å². The van der Waals surface area contributed by atoms with Crippen LogP contribution in [0.25, 0.3) is 0 Å². The summed E-state index contributed by atoms with van der Waals surface area (Å²) in [5.74, 6) is 0.995. The number of piperidine rings is 1. The fourth-order valence-corrected chi connectivity index (χ4v) is 2.97. The van der Waals surface area contributed by atoms with Gasteiger partial charge in [0.1, 0.15) is 5.75 Å². The second-order valence-corrected chi connectivity index (χ2v) is 5.96. The molecule has 2 rings (SSSR count). The summed E-state index contributed by atoms with van der Waals surface area (Å²) in [6.07, 6.45) is 9.35. The maximum atomic E-state index is 5.71. The van der Waals surface area contributed by atoms with Crippen LogP contribution in [0.2, 0.25) is 0 Å². The second kappa shape index (κ2) is 9.02. The Morgan fingerprint density at radius 2 is 1.85 bits per heavy atom. The Bertz CT molecular complexity index is 352. The summed E-state index contributed by atoms with van der Waals surface area (Å²) in [6, 6.07) is 10.9. The topological polar surface area (TPSA) is 12.5 Å². The van der Waals surface area contributed by atoms with Crippen molar-refractivity contribution in [2.75, 3.05) is 19.7 Å². The van der Waals surface area contributed by atoms with Crippen LogP contribution in [-0.2, 0) is 0 Å². The molecule has 1 aliphatic rings. The minimum Gasteiger partial charge on any atom is -0.494 e. The first-order valence-corrected chi connectivity index (χ1v) is 8.28. The molecule has 0 bridgehead atoms. The lowest BCUT2D eigenvalue weighted by Crippen LogP contribution is -2.37. The molecule has 1 heterocycles. The summed E-state index contributed by atoms with van der Waals surface area (Å²) in [6.45, 7) is 5.84. The van der Waals surface area contributed by atoms with Crippen molar-refractivity contribution in [3.63, 3.8) is 0 Å². The van der Waals surface area contributed by atoms with Gasteiger partial charge in [0.2, 0.25) is 0 Å². The molecule has 2 heteroatoms. The Labute approximate surface area is 124 Å². The minimum atomic E-state index is 0.810. The van der Waals surface area contributed by atoms with E-state index < -0.39 is 0 Å². The highest BCUT2D eigenvalue weighted by Crippen LogP contribution is 2.17. The number of benzene rings is 1. The first-order valence-electron chi connectivity index (χ1n) is 8.28. The molecule has 20 heavy (non-hydrogen) atoms. The van der Waals surface area contributed by atoms with Gasteiger partial charge < -0.3 is 9.64 Å². The van der Waals surface area contributed by atoms with Gasteiger partial charge in [0.05, 0.1) is 6.61 Å². The van der Waals surface area contributed by atoms with Crippen LogP contribution in [0.3, 0.4) is 0 Å². The third-order valence-corrected chi connectivity index (χ3v) is 4.29. The van der Waals surface area contributed by atoms with E-state index in [0.29, 0.717) is 0 Å². The molecular weight excluding hydrogens is 246 g/mol. The molecule has 1 fully saturated rings. The Morgan fingerprint density at radius 3 is 2.65 bits per heavy atom. The van der Waals surface area contributed by atoms with Crippen LogP contribution in [-0.4, -0.2) is 30.6 Å². The van der Waals surface area contributed by atoms with E-state index in [0.717, 1.165) is 18.4 Å². The maximum absolute atomic E-state index is 5.71. The molecular formula is C18H29NO. The lowest BCUT2D eigenvalue weighted by atomic mass is 10.0. The number of hydrogen-bond donors (Lipinski definition) is 0. The van der Waals surface area contributed by atoms with Crippen molar-refractivity contribution < 1.29 is 4.74 Å². The van der Waals surface area contributed by atoms with E-state index in [1.165, 1.54) is 58.0 Å². The molecule has 1 aromatic carbocycles. The highest BCUT2D eigenvalue weighted by Gasteiger charge is 2.16. The third kappa shape index (κ3) is 5.54. The van der Waals surface area contributed by atoms with Crippen molar-refractivity contribution >= 4 is 0 Å². The molecule has 0 N–H and O–H groups in total. The maximum Gasteiger partial charge on any atom is 0.119 e. The Balaban J connectivity index is 1.45. The third-order valence-electron chi connectivity index (χ3n) is 4.29. The fraction of sp³-hybridized carbons (Fsp3) is 0.667. The number of hydrogen-bond acceptors (Lipinski definition) is 2.